The summed E-state index contributed by atoms with van der Waals surface area (Å²) in [5.74, 6) is -0.983. The molecule has 0 saturated heterocycles. The molecule has 0 aromatic heterocycles. The van der Waals surface area contributed by atoms with Gasteiger partial charge in [0.25, 0.3) is 0 Å². The van der Waals surface area contributed by atoms with Crippen molar-refractivity contribution in [2.45, 2.75) is 20.3 Å². The number of hydrogen-bond donors (Lipinski definition) is 0. The van der Waals surface area contributed by atoms with Gasteiger partial charge in [-0.05, 0) is 18.9 Å². The molecule has 1 aliphatic heterocycles. The molecular weight excluding hydrogens is 184 g/mol. The molecule has 0 fully saturated rings. The molecule has 1 unspecified atom stereocenters. The summed E-state index contributed by atoms with van der Waals surface area (Å²) in [4.78, 5) is 22.2. The van der Waals surface area contributed by atoms with Crippen LogP contribution >= 0.6 is 0 Å². The van der Waals surface area contributed by atoms with E-state index in [0.29, 0.717) is 13.0 Å². The first-order valence-corrected chi connectivity index (χ1v) is 4.72. The Morgan fingerprint density at radius 1 is 1.64 bits per heavy atom. The van der Waals surface area contributed by atoms with Crippen LogP contribution in [0.3, 0.4) is 0 Å². The Balaban J connectivity index is 2.66. The van der Waals surface area contributed by atoms with Crippen molar-refractivity contribution in [2.24, 2.45) is 5.92 Å². The molecule has 4 nitrogen and oxygen atoms in total. The van der Waals surface area contributed by atoms with Crippen LogP contribution in [0.4, 0.5) is 0 Å². The molecular formula is C10H14O4. The Labute approximate surface area is 82.9 Å². The second-order valence-corrected chi connectivity index (χ2v) is 3.04. The molecule has 1 rings (SSSR count). The lowest BCUT2D eigenvalue weighted by molar-refractivity contribution is -0.147. The van der Waals surface area contributed by atoms with Crippen LogP contribution in [-0.2, 0) is 19.1 Å². The van der Waals surface area contributed by atoms with Crippen LogP contribution in [0.15, 0.2) is 11.6 Å². The van der Waals surface area contributed by atoms with E-state index in [9.17, 15) is 9.59 Å². The monoisotopic (exact) mass is 198 g/mol. The number of cyclic esters (lactones) is 1. The summed E-state index contributed by atoms with van der Waals surface area (Å²) < 4.78 is 9.63. The van der Waals surface area contributed by atoms with E-state index in [2.05, 4.69) is 0 Å². The van der Waals surface area contributed by atoms with Gasteiger partial charge in [-0.15, -0.1) is 0 Å². The Hall–Kier alpha value is -1.32. The number of carbonyl (C=O) groups is 2. The third-order valence-electron chi connectivity index (χ3n) is 2.11. The molecule has 0 aromatic carbocycles. The molecule has 0 amide bonds. The van der Waals surface area contributed by atoms with E-state index in [0.717, 1.165) is 5.57 Å². The maximum absolute atomic E-state index is 11.4. The SMILES string of the molecule is CCOC(=O)C(CC)C1=CC(=O)OC1. The van der Waals surface area contributed by atoms with E-state index < -0.39 is 0 Å². The van der Waals surface area contributed by atoms with Crippen LogP contribution in [0.1, 0.15) is 20.3 Å². The molecule has 0 spiro atoms. The second kappa shape index (κ2) is 4.79. The molecule has 1 atom stereocenters. The van der Waals surface area contributed by atoms with Crippen molar-refractivity contribution in [3.63, 3.8) is 0 Å². The van der Waals surface area contributed by atoms with Gasteiger partial charge >= 0.3 is 11.9 Å². The molecule has 0 saturated carbocycles. The number of ether oxygens (including phenoxy) is 2. The predicted octanol–water partition coefficient (Wildman–Crippen LogP) is 1.06. The summed E-state index contributed by atoms with van der Waals surface area (Å²) in [6.07, 6.45) is 2.01. The van der Waals surface area contributed by atoms with Gasteiger partial charge in [-0.2, -0.15) is 0 Å². The van der Waals surface area contributed by atoms with Crippen molar-refractivity contribution in [1.82, 2.24) is 0 Å². The lowest BCUT2D eigenvalue weighted by Crippen LogP contribution is -2.19. The molecule has 0 aromatic rings. The molecule has 78 valence electrons. The minimum absolute atomic E-state index is 0.218. The second-order valence-electron chi connectivity index (χ2n) is 3.04. The van der Waals surface area contributed by atoms with Gasteiger partial charge in [-0.3, -0.25) is 4.79 Å². The highest BCUT2D eigenvalue weighted by Crippen LogP contribution is 2.21. The fourth-order valence-electron chi connectivity index (χ4n) is 1.41. The van der Waals surface area contributed by atoms with E-state index in [1.54, 1.807) is 6.92 Å². The van der Waals surface area contributed by atoms with Crippen molar-refractivity contribution in [2.75, 3.05) is 13.2 Å². The van der Waals surface area contributed by atoms with Gasteiger partial charge < -0.3 is 9.47 Å². The molecule has 0 bridgehead atoms. The molecule has 14 heavy (non-hydrogen) atoms. The topological polar surface area (TPSA) is 52.6 Å². The Morgan fingerprint density at radius 2 is 2.36 bits per heavy atom. The van der Waals surface area contributed by atoms with Crippen LogP contribution < -0.4 is 0 Å². The summed E-state index contributed by atoms with van der Waals surface area (Å²) in [6, 6.07) is 0. The van der Waals surface area contributed by atoms with Gasteiger partial charge in [0.1, 0.15) is 6.61 Å². The summed E-state index contributed by atoms with van der Waals surface area (Å²) in [6.45, 7) is 4.22. The van der Waals surface area contributed by atoms with Gasteiger partial charge in [0, 0.05) is 6.08 Å². The Kier molecular flexibility index (Phi) is 3.68. The molecule has 0 radical (unpaired) electrons. The molecule has 0 N–H and O–H groups in total. The third-order valence-corrected chi connectivity index (χ3v) is 2.11. The molecule has 0 aliphatic carbocycles. The summed E-state index contributed by atoms with van der Waals surface area (Å²) >= 11 is 0. The number of rotatable bonds is 4. The van der Waals surface area contributed by atoms with Gasteiger partial charge in [-0.1, -0.05) is 6.92 Å². The van der Waals surface area contributed by atoms with Gasteiger partial charge in [0.2, 0.25) is 0 Å². The maximum Gasteiger partial charge on any atom is 0.331 e. The quantitative estimate of drug-likeness (QED) is 0.634. The van der Waals surface area contributed by atoms with Gasteiger partial charge in [-0.25, -0.2) is 4.79 Å². The van der Waals surface area contributed by atoms with E-state index in [-0.39, 0.29) is 24.5 Å². The summed E-state index contributed by atoms with van der Waals surface area (Å²) in [5, 5.41) is 0. The highest BCUT2D eigenvalue weighted by Gasteiger charge is 2.27. The maximum atomic E-state index is 11.4. The lowest BCUT2D eigenvalue weighted by Gasteiger charge is -2.13. The molecule has 1 heterocycles. The number of esters is 2. The lowest BCUT2D eigenvalue weighted by atomic mass is 9.97. The summed E-state index contributed by atoms with van der Waals surface area (Å²) in [5.41, 5.74) is 0.718. The Bertz CT molecular complexity index is 267. The third kappa shape index (κ3) is 2.34. The summed E-state index contributed by atoms with van der Waals surface area (Å²) in [7, 11) is 0. The zero-order chi connectivity index (χ0) is 10.6. The largest absolute Gasteiger partial charge is 0.466 e. The van der Waals surface area contributed by atoms with Crippen molar-refractivity contribution in [3.05, 3.63) is 11.6 Å². The first-order valence-electron chi connectivity index (χ1n) is 4.72. The number of carbonyl (C=O) groups excluding carboxylic acids is 2. The van der Waals surface area contributed by atoms with E-state index in [1.807, 2.05) is 6.92 Å². The average Bonchev–Trinajstić information content (AvgIpc) is 2.54. The first kappa shape index (κ1) is 10.8. The van der Waals surface area contributed by atoms with E-state index in [1.165, 1.54) is 6.08 Å². The zero-order valence-electron chi connectivity index (χ0n) is 8.41. The van der Waals surface area contributed by atoms with Crippen LogP contribution in [-0.4, -0.2) is 25.2 Å². The standard InChI is InChI=1S/C10H14O4/c1-3-8(10(12)13-4-2)7-5-9(11)14-6-7/h5,8H,3-4,6H2,1-2H3. The van der Waals surface area contributed by atoms with Crippen LogP contribution in [0.2, 0.25) is 0 Å². The smallest absolute Gasteiger partial charge is 0.331 e. The van der Waals surface area contributed by atoms with Crippen molar-refractivity contribution < 1.29 is 19.1 Å². The van der Waals surface area contributed by atoms with Crippen LogP contribution in [0.5, 0.6) is 0 Å². The van der Waals surface area contributed by atoms with E-state index >= 15 is 0 Å². The minimum atomic E-state index is -0.372. The van der Waals surface area contributed by atoms with Crippen molar-refractivity contribution in [3.8, 4) is 0 Å². The van der Waals surface area contributed by atoms with Crippen molar-refractivity contribution >= 4 is 11.9 Å². The fraction of sp³-hybridized carbons (Fsp3) is 0.600. The Morgan fingerprint density at radius 3 is 2.79 bits per heavy atom. The van der Waals surface area contributed by atoms with Crippen molar-refractivity contribution in [1.29, 1.82) is 0 Å². The fourth-order valence-corrected chi connectivity index (χ4v) is 1.41. The minimum Gasteiger partial charge on any atom is -0.466 e. The molecule has 4 heteroatoms. The number of hydrogen-bond acceptors (Lipinski definition) is 4. The molecule has 1 aliphatic rings. The highest BCUT2D eigenvalue weighted by molar-refractivity contribution is 5.88. The highest BCUT2D eigenvalue weighted by atomic mass is 16.5. The van der Waals surface area contributed by atoms with Gasteiger partial charge in [0.05, 0.1) is 12.5 Å². The van der Waals surface area contributed by atoms with Gasteiger partial charge in [0.15, 0.2) is 0 Å². The average molecular weight is 198 g/mol. The van der Waals surface area contributed by atoms with Crippen LogP contribution in [0.25, 0.3) is 0 Å². The van der Waals surface area contributed by atoms with E-state index in [4.69, 9.17) is 9.47 Å². The van der Waals surface area contributed by atoms with Crippen LogP contribution in [0, 0.1) is 5.92 Å². The predicted molar refractivity (Wildman–Crippen MR) is 49.5 cm³/mol. The normalized spacial score (nSPS) is 17.3. The first-order chi connectivity index (χ1) is 6.69. The zero-order valence-corrected chi connectivity index (χ0v) is 8.41.